The SMILES string of the molecule is NCCCCn1cnc(-c2ccc(=O)[nH]c2)c1. The first-order valence-electron chi connectivity index (χ1n) is 5.70. The topological polar surface area (TPSA) is 76.7 Å². The number of aromatic nitrogens is 3. The van der Waals surface area contributed by atoms with E-state index in [1.165, 1.54) is 6.07 Å². The Balaban J connectivity index is 2.07. The third-order valence-electron chi connectivity index (χ3n) is 2.58. The highest BCUT2D eigenvalue weighted by atomic mass is 16.1. The van der Waals surface area contributed by atoms with Gasteiger partial charge < -0.3 is 15.3 Å². The predicted molar refractivity (Wildman–Crippen MR) is 66.6 cm³/mol. The maximum atomic E-state index is 10.9. The smallest absolute Gasteiger partial charge is 0.247 e. The lowest BCUT2D eigenvalue weighted by molar-refractivity contribution is 0.614. The zero-order valence-corrected chi connectivity index (χ0v) is 9.60. The Morgan fingerprint density at radius 2 is 2.24 bits per heavy atom. The van der Waals surface area contributed by atoms with E-state index in [0.717, 1.165) is 37.2 Å². The van der Waals surface area contributed by atoms with E-state index in [0.29, 0.717) is 0 Å². The fraction of sp³-hybridized carbons (Fsp3) is 0.333. The number of hydrogen-bond donors (Lipinski definition) is 2. The molecule has 5 heteroatoms. The molecule has 0 saturated heterocycles. The van der Waals surface area contributed by atoms with Gasteiger partial charge in [0.25, 0.3) is 0 Å². The van der Waals surface area contributed by atoms with Crippen LogP contribution in [0.4, 0.5) is 0 Å². The van der Waals surface area contributed by atoms with Gasteiger partial charge in [-0.3, -0.25) is 4.79 Å². The van der Waals surface area contributed by atoms with E-state index in [-0.39, 0.29) is 5.56 Å². The number of imidazole rings is 1. The Labute approximate surface area is 99.3 Å². The molecule has 2 rings (SSSR count). The van der Waals surface area contributed by atoms with E-state index in [2.05, 4.69) is 9.97 Å². The maximum Gasteiger partial charge on any atom is 0.247 e. The lowest BCUT2D eigenvalue weighted by Gasteiger charge is -1.99. The Hall–Kier alpha value is -1.88. The first-order valence-corrected chi connectivity index (χ1v) is 5.70. The van der Waals surface area contributed by atoms with Gasteiger partial charge in [-0.05, 0) is 25.5 Å². The van der Waals surface area contributed by atoms with E-state index < -0.39 is 0 Å². The van der Waals surface area contributed by atoms with Crippen LogP contribution in [-0.4, -0.2) is 21.1 Å². The lowest BCUT2D eigenvalue weighted by Crippen LogP contribution is -2.02. The summed E-state index contributed by atoms with van der Waals surface area (Å²) in [5, 5.41) is 0. The largest absolute Gasteiger partial charge is 0.337 e. The van der Waals surface area contributed by atoms with E-state index >= 15 is 0 Å². The molecule has 5 nitrogen and oxygen atoms in total. The molecule has 0 atom stereocenters. The minimum atomic E-state index is -0.101. The van der Waals surface area contributed by atoms with E-state index in [4.69, 9.17) is 5.73 Å². The number of nitrogens with zero attached hydrogens (tertiary/aromatic N) is 2. The number of aryl methyl sites for hydroxylation is 1. The number of nitrogens with two attached hydrogens (primary N) is 1. The van der Waals surface area contributed by atoms with Gasteiger partial charge in [-0.25, -0.2) is 4.98 Å². The van der Waals surface area contributed by atoms with E-state index in [1.54, 1.807) is 18.6 Å². The molecule has 2 aromatic rings. The second-order valence-electron chi connectivity index (χ2n) is 3.93. The summed E-state index contributed by atoms with van der Waals surface area (Å²) in [5.41, 5.74) is 7.13. The summed E-state index contributed by atoms with van der Waals surface area (Å²) in [4.78, 5) is 17.9. The Morgan fingerprint density at radius 1 is 1.35 bits per heavy atom. The van der Waals surface area contributed by atoms with Crippen LogP contribution in [0.15, 0.2) is 35.6 Å². The van der Waals surface area contributed by atoms with Crippen molar-refractivity contribution >= 4 is 0 Å². The van der Waals surface area contributed by atoms with Crippen molar-refractivity contribution < 1.29 is 0 Å². The molecular weight excluding hydrogens is 216 g/mol. The van der Waals surface area contributed by atoms with Gasteiger partial charge in [-0.15, -0.1) is 0 Å². The van der Waals surface area contributed by atoms with Gasteiger partial charge in [0.05, 0.1) is 12.0 Å². The van der Waals surface area contributed by atoms with Crippen LogP contribution in [0.1, 0.15) is 12.8 Å². The molecule has 0 spiro atoms. The van der Waals surface area contributed by atoms with Crippen LogP contribution in [0, 0.1) is 0 Å². The van der Waals surface area contributed by atoms with E-state index in [9.17, 15) is 4.79 Å². The molecule has 0 amide bonds. The van der Waals surface area contributed by atoms with Gasteiger partial charge in [0.1, 0.15) is 0 Å². The standard InChI is InChI=1S/C12H16N4O/c13-5-1-2-6-16-8-11(15-9-16)10-3-4-12(17)14-7-10/h3-4,7-9H,1-2,5-6,13H2,(H,14,17). The van der Waals surface area contributed by atoms with Gasteiger partial charge in [-0.1, -0.05) is 0 Å². The molecule has 0 fully saturated rings. The molecular formula is C12H16N4O. The summed E-state index contributed by atoms with van der Waals surface area (Å²) < 4.78 is 2.04. The second-order valence-corrected chi connectivity index (χ2v) is 3.93. The van der Waals surface area contributed by atoms with Gasteiger partial charge >= 0.3 is 0 Å². The van der Waals surface area contributed by atoms with Gasteiger partial charge in [0.2, 0.25) is 5.56 Å². The van der Waals surface area contributed by atoms with Gasteiger partial charge in [0.15, 0.2) is 0 Å². The second kappa shape index (κ2) is 5.45. The van der Waals surface area contributed by atoms with Crippen molar-refractivity contribution in [2.45, 2.75) is 19.4 Å². The molecule has 0 aliphatic carbocycles. The van der Waals surface area contributed by atoms with Crippen molar-refractivity contribution in [3.63, 3.8) is 0 Å². The molecule has 90 valence electrons. The van der Waals surface area contributed by atoms with Crippen molar-refractivity contribution in [1.29, 1.82) is 0 Å². The molecule has 17 heavy (non-hydrogen) atoms. The number of hydrogen-bond acceptors (Lipinski definition) is 3. The van der Waals surface area contributed by atoms with E-state index in [1.807, 2.05) is 10.8 Å². The summed E-state index contributed by atoms with van der Waals surface area (Å²) in [6, 6.07) is 3.27. The highest BCUT2D eigenvalue weighted by Gasteiger charge is 2.01. The summed E-state index contributed by atoms with van der Waals surface area (Å²) in [6.07, 6.45) is 7.53. The molecule has 0 radical (unpaired) electrons. The van der Waals surface area contributed by atoms with Crippen LogP contribution < -0.4 is 11.3 Å². The summed E-state index contributed by atoms with van der Waals surface area (Å²) in [6.45, 7) is 1.65. The quantitative estimate of drug-likeness (QED) is 0.754. The summed E-state index contributed by atoms with van der Waals surface area (Å²) >= 11 is 0. The maximum absolute atomic E-state index is 10.9. The number of aromatic amines is 1. The fourth-order valence-electron chi connectivity index (χ4n) is 1.64. The first kappa shape index (κ1) is 11.6. The molecule has 0 aliphatic heterocycles. The zero-order chi connectivity index (χ0) is 12.1. The van der Waals surface area contributed by atoms with Crippen LogP contribution in [0.25, 0.3) is 11.3 Å². The fourth-order valence-corrected chi connectivity index (χ4v) is 1.64. The first-order chi connectivity index (χ1) is 8.29. The Kier molecular flexibility index (Phi) is 3.72. The van der Waals surface area contributed by atoms with Gasteiger partial charge in [0, 0.05) is 30.6 Å². The molecule has 0 aromatic carbocycles. The summed E-state index contributed by atoms with van der Waals surface area (Å²) in [7, 11) is 0. The normalized spacial score (nSPS) is 10.6. The minimum Gasteiger partial charge on any atom is -0.337 e. The average molecular weight is 232 g/mol. The molecule has 0 saturated carbocycles. The number of pyridine rings is 1. The Bertz CT molecular complexity index is 509. The average Bonchev–Trinajstić information content (AvgIpc) is 2.79. The van der Waals surface area contributed by atoms with Crippen molar-refractivity contribution in [2.75, 3.05) is 6.54 Å². The molecule has 2 heterocycles. The van der Waals surface area contributed by atoms with Gasteiger partial charge in [-0.2, -0.15) is 0 Å². The third kappa shape index (κ3) is 3.04. The number of unbranched alkanes of at least 4 members (excludes halogenated alkanes) is 1. The lowest BCUT2D eigenvalue weighted by atomic mass is 10.2. The van der Waals surface area contributed by atoms with Crippen LogP contribution in [0.2, 0.25) is 0 Å². The molecule has 0 unspecified atom stereocenters. The number of nitrogens with one attached hydrogen (secondary N) is 1. The summed E-state index contributed by atoms with van der Waals surface area (Å²) in [5.74, 6) is 0. The highest BCUT2D eigenvalue weighted by molar-refractivity contribution is 5.56. The number of rotatable bonds is 5. The molecule has 2 aromatic heterocycles. The Morgan fingerprint density at radius 3 is 2.94 bits per heavy atom. The molecule has 0 bridgehead atoms. The van der Waals surface area contributed by atoms with Crippen LogP contribution >= 0.6 is 0 Å². The van der Waals surface area contributed by atoms with Crippen LogP contribution in [0.3, 0.4) is 0 Å². The van der Waals surface area contributed by atoms with Crippen molar-refractivity contribution in [1.82, 2.24) is 14.5 Å². The van der Waals surface area contributed by atoms with Crippen LogP contribution in [0.5, 0.6) is 0 Å². The molecule has 0 aliphatic rings. The van der Waals surface area contributed by atoms with Crippen LogP contribution in [-0.2, 0) is 6.54 Å². The number of H-pyrrole nitrogens is 1. The highest BCUT2D eigenvalue weighted by Crippen LogP contribution is 2.14. The third-order valence-corrected chi connectivity index (χ3v) is 2.58. The predicted octanol–water partition coefficient (Wildman–Crippen LogP) is 0.977. The molecule has 3 N–H and O–H groups in total. The van der Waals surface area contributed by atoms with Crippen molar-refractivity contribution in [3.05, 3.63) is 41.2 Å². The zero-order valence-electron chi connectivity index (χ0n) is 9.60. The minimum absolute atomic E-state index is 0.101. The monoisotopic (exact) mass is 232 g/mol. The van der Waals surface area contributed by atoms with Crippen molar-refractivity contribution in [2.24, 2.45) is 5.73 Å². The van der Waals surface area contributed by atoms with Crippen molar-refractivity contribution in [3.8, 4) is 11.3 Å².